The SMILES string of the molecule is COc1ccc(F)cc1C=C1C=CCOC1=NNc1cnn(C)c1. The molecule has 0 atom stereocenters. The highest BCUT2D eigenvalue weighted by Gasteiger charge is 2.12. The van der Waals surface area contributed by atoms with Crippen molar-refractivity contribution in [2.24, 2.45) is 12.1 Å². The third-order valence-corrected chi connectivity index (χ3v) is 3.35. The Morgan fingerprint density at radius 2 is 2.33 bits per heavy atom. The van der Waals surface area contributed by atoms with Crippen LogP contribution in [0.3, 0.4) is 0 Å². The summed E-state index contributed by atoms with van der Waals surface area (Å²) >= 11 is 0. The van der Waals surface area contributed by atoms with Gasteiger partial charge in [0.2, 0.25) is 5.90 Å². The zero-order valence-electron chi connectivity index (χ0n) is 13.4. The van der Waals surface area contributed by atoms with Gasteiger partial charge in [-0.1, -0.05) is 6.08 Å². The molecule has 0 aliphatic carbocycles. The molecule has 0 bridgehead atoms. The lowest BCUT2D eigenvalue weighted by molar-refractivity contribution is 0.346. The molecule has 2 aromatic rings. The molecule has 1 N–H and O–H groups in total. The van der Waals surface area contributed by atoms with Crippen LogP contribution in [0.2, 0.25) is 0 Å². The topological polar surface area (TPSA) is 60.7 Å². The van der Waals surface area contributed by atoms with Gasteiger partial charge in [-0.15, -0.1) is 5.10 Å². The standard InChI is InChI=1S/C17H17FN4O2/c1-22-11-15(10-19-22)20-21-17-12(4-3-7-24-17)8-13-9-14(18)5-6-16(13)23-2/h3-6,8-11,20H,7H2,1-2H3. The molecule has 1 aliphatic rings. The van der Waals surface area contributed by atoms with E-state index >= 15 is 0 Å². The maximum atomic E-state index is 13.5. The molecule has 0 radical (unpaired) electrons. The second kappa shape index (κ2) is 6.99. The molecule has 0 saturated heterocycles. The second-order valence-electron chi connectivity index (χ2n) is 5.13. The van der Waals surface area contributed by atoms with Crippen molar-refractivity contribution in [3.05, 3.63) is 59.7 Å². The molecule has 6 nitrogen and oxygen atoms in total. The van der Waals surface area contributed by atoms with Crippen molar-refractivity contribution in [3.8, 4) is 5.75 Å². The Kier molecular flexibility index (Phi) is 4.60. The number of anilines is 1. The maximum Gasteiger partial charge on any atom is 0.238 e. The normalized spacial score (nSPS) is 17.1. The van der Waals surface area contributed by atoms with Crippen molar-refractivity contribution in [1.82, 2.24) is 9.78 Å². The van der Waals surface area contributed by atoms with Crippen molar-refractivity contribution in [3.63, 3.8) is 0 Å². The zero-order chi connectivity index (χ0) is 16.9. The molecule has 1 aromatic heterocycles. The Balaban J connectivity index is 1.90. The van der Waals surface area contributed by atoms with E-state index in [0.29, 0.717) is 29.4 Å². The third-order valence-electron chi connectivity index (χ3n) is 3.35. The summed E-state index contributed by atoms with van der Waals surface area (Å²) < 4.78 is 26.0. The van der Waals surface area contributed by atoms with Crippen LogP contribution in [0.4, 0.5) is 10.1 Å². The molecule has 0 fully saturated rings. The van der Waals surface area contributed by atoms with Gasteiger partial charge in [-0.05, 0) is 30.4 Å². The number of hydrazone groups is 1. The number of benzene rings is 1. The molecule has 0 spiro atoms. The minimum Gasteiger partial charge on any atom is -0.496 e. The summed E-state index contributed by atoms with van der Waals surface area (Å²) in [6.07, 6.45) is 8.95. The summed E-state index contributed by atoms with van der Waals surface area (Å²) in [6.45, 7) is 0.422. The Bertz CT molecular complexity index is 824. The zero-order valence-corrected chi connectivity index (χ0v) is 13.4. The van der Waals surface area contributed by atoms with E-state index in [2.05, 4.69) is 15.6 Å². The van der Waals surface area contributed by atoms with Gasteiger partial charge in [0.15, 0.2) is 0 Å². The number of aryl methyl sites for hydroxylation is 1. The molecular weight excluding hydrogens is 311 g/mol. The summed E-state index contributed by atoms with van der Waals surface area (Å²) in [5.74, 6) is 0.644. The first-order chi connectivity index (χ1) is 11.7. The van der Waals surface area contributed by atoms with Crippen LogP contribution in [0.1, 0.15) is 5.56 Å². The highest BCUT2D eigenvalue weighted by atomic mass is 19.1. The predicted molar refractivity (Wildman–Crippen MR) is 90.3 cm³/mol. The van der Waals surface area contributed by atoms with Crippen LogP contribution in [0.25, 0.3) is 6.08 Å². The van der Waals surface area contributed by atoms with Crippen LogP contribution in [0, 0.1) is 5.82 Å². The number of hydrogen-bond donors (Lipinski definition) is 1. The number of nitrogens with zero attached hydrogens (tertiary/aromatic N) is 3. The van der Waals surface area contributed by atoms with Gasteiger partial charge in [-0.2, -0.15) is 5.10 Å². The Labute approximate surface area is 138 Å². The molecule has 2 heterocycles. The summed E-state index contributed by atoms with van der Waals surface area (Å²) in [5.41, 5.74) is 4.95. The minimum absolute atomic E-state index is 0.338. The van der Waals surface area contributed by atoms with Crippen LogP contribution in [0.5, 0.6) is 5.75 Å². The second-order valence-corrected chi connectivity index (χ2v) is 5.13. The van der Waals surface area contributed by atoms with Gasteiger partial charge in [0.05, 0.1) is 19.0 Å². The van der Waals surface area contributed by atoms with Gasteiger partial charge in [-0.25, -0.2) is 4.39 Å². The Hall–Kier alpha value is -3.09. The lowest BCUT2D eigenvalue weighted by Crippen LogP contribution is -2.13. The Morgan fingerprint density at radius 3 is 3.08 bits per heavy atom. The molecule has 7 heteroatoms. The fourth-order valence-electron chi connectivity index (χ4n) is 2.24. The van der Waals surface area contributed by atoms with E-state index < -0.39 is 0 Å². The van der Waals surface area contributed by atoms with Crippen LogP contribution in [0.15, 0.2) is 53.4 Å². The molecule has 0 unspecified atom stereocenters. The average Bonchev–Trinajstić information content (AvgIpc) is 3.00. The number of rotatable bonds is 4. The van der Waals surface area contributed by atoms with Crippen molar-refractivity contribution in [2.45, 2.75) is 0 Å². The molecule has 24 heavy (non-hydrogen) atoms. The molecule has 124 valence electrons. The number of hydrogen-bond acceptors (Lipinski definition) is 5. The van der Waals surface area contributed by atoms with Crippen molar-refractivity contribution < 1.29 is 13.9 Å². The van der Waals surface area contributed by atoms with Gasteiger partial charge in [0.1, 0.15) is 18.2 Å². The summed E-state index contributed by atoms with van der Waals surface area (Å²) in [7, 11) is 3.36. The largest absolute Gasteiger partial charge is 0.496 e. The lowest BCUT2D eigenvalue weighted by atomic mass is 10.1. The first-order valence-electron chi connectivity index (χ1n) is 7.33. The number of aromatic nitrogens is 2. The van der Waals surface area contributed by atoms with Gasteiger partial charge >= 0.3 is 0 Å². The number of ether oxygens (including phenoxy) is 2. The Morgan fingerprint density at radius 1 is 1.46 bits per heavy atom. The highest BCUT2D eigenvalue weighted by molar-refractivity contribution is 6.02. The van der Waals surface area contributed by atoms with Crippen LogP contribution < -0.4 is 10.2 Å². The fraction of sp³-hybridized carbons (Fsp3) is 0.176. The first-order valence-corrected chi connectivity index (χ1v) is 7.33. The molecule has 0 amide bonds. The maximum absolute atomic E-state index is 13.5. The summed E-state index contributed by atoms with van der Waals surface area (Å²) in [5, 5.41) is 8.32. The van der Waals surface area contributed by atoms with Crippen LogP contribution >= 0.6 is 0 Å². The van der Waals surface area contributed by atoms with E-state index in [-0.39, 0.29) is 5.82 Å². The van der Waals surface area contributed by atoms with E-state index in [0.717, 1.165) is 5.69 Å². The van der Waals surface area contributed by atoms with Crippen molar-refractivity contribution in [2.75, 3.05) is 19.1 Å². The summed E-state index contributed by atoms with van der Waals surface area (Å²) in [6, 6.07) is 4.34. The van der Waals surface area contributed by atoms with Gasteiger partial charge in [0, 0.05) is 24.4 Å². The van der Waals surface area contributed by atoms with Crippen molar-refractivity contribution >= 4 is 17.7 Å². The fourth-order valence-corrected chi connectivity index (χ4v) is 2.24. The molecule has 0 saturated carbocycles. The molecule has 3 rings (SSSR count). The number of halogens is 1. The van der Waals surface area contributed by atoms with Gasteiger partial charge < -0.3 is 9.47 Å². The molecule has 1 aromatic carbocycles. The summed E-state index contributed by atoms with van der Waals surface area (Å²) in [4.78, 5) is 0. The quantitative estimate of drug-likeness (QED) is 0.877. The smallest absolute Gasteiger partial charge is 0.238 e. The van der Waals surface area contributed by atoms with E-state index in [9.17, 15) is 4.39 Å². The highest BCUT2D eigenvalue weighted by Crippen LogP contribution is 2.24. The number of nitrogens with one attached hydrogen (secondary N) is 1. The lowest BCUT2D eigenvalue weighted by Gasteiger charge is -2.14. The average molecular weight is 328 g/mol. The van der Waals surface area contributed by atoms with E-state index in [1.807, 2.05) is 19.2 Å². The van der Waals surface area contributed by atoms with Crippen LogP contribution in [-0.2, 0) is 11.8 Å². The minimum atomic E-state index is -0.338. The van der Waals surface area contributed by atoms with Gasteiger partial charge in [0.25, 0.3) is 0 Å². The molecule has 1 aliphatic heterocycles. The first kappa shape index (κ1) is 15.8. The van der Waals surface area contributed by atoms with E-state index in [1.54, 1.807) is 36.3 Å². The third kappa shape index (κ3) is 3.62. The van der Waals surface area contributed by atoms with Gasteiger partial charge in [-0.3, -0.25) is 10.1 Å². The number of methoxy groups -OCH3 is 1. The predicted octanol–water partition coefficient (Wildman–Crippen LogP) is 2.96. The van der Waals surface area contributed by atoms with Crippen LogP contribution in [-0.4, -0.2) is 29.4 Å². The monoisotopic (exact) mass is 328 g/mol. The van der Waals surface area contributed by atoms with Crippen molar-refractivity contribution in [1.29, 1.82) is 0 Å². The van der Waals surface area contributed by atoms with E-state index in [1.165, 1.54) is 12.1 Å². The van der Waals surface area contributed by atoms with E-state index in [4.69, 9.17) is 9.47 Å². The molecular formula is C17H17FN4O2.